The van der Waals surface area contributed by atoms with Crippen LogP contribution in [-0.2, 0) is 11.3 Å². The fourth-order valence-electron chi connectivity index (χ4n) is 3.92. The summed E-state index contributed by atoms with van der Waals surface area (Å²) < 4.78 is 1.71. The SMILES string of the molecule is Cc1ccccc1-n1c(CNc2ncnc(N)c2C(N)C=O)cc2cccc(C)c2c1=O. The van der Waals surface area contributed by atoms with Crippen molar-refractivity contribution in [3.63, 3.8) is 0 Å². The summed E-state index contributed by atoms with van der Waals surface area (Å²) in [7, 11) is 0. The average Bonchev–Trinajstić information content (AvgIpc) is 2.78. The standard InChI is InChI=1S/C24H24N6O2/c1-14-6-3-4-9-19(14)30-17(10-16-8-5-7-15(2)20(16)24(30)32)11-27-23-21(18(25)12-31)22(26)28-13-29-23/h3-10,12-13,18H,11,25H2,1-2H3,(H3,26,27,28,29). The smallest absolute Gasteiger partial charge is 0.263 e. The van der Waals surface area contributed by atoms with Crippen LogP contribution in [-0.4, -0.2) is 20.8 Å². The summed E-state index contributed by atoms with van der Waals surface area (Å²) in [5.74, 6) is 0.484. The molecular formula is C24H24N6O2. The fraction of sp³-hybridized carbons (Fsp3) is 0.167. The Kier molecular flexibility index (Phi) is 5.70. The number of carbonyl (C=O) groups excluding carboxylic acids is 1. The summed E-state index contributed by atoms with van der Waals surface area (Å²) in [6, 6.07) is 14.5. The Morgan fingerprint density at radius 3 is 2.59 bits per heavy atom. The number of aromatic nitrogens is 3. The molecule has 0 radical (unpaired) electrons. The number of nitrogens with one attached hydrogen (secondary N) is 1. The van der Waals surface area contributed by atoms with Gasteiger partial charge in [0.25, 0.3) is 5.56 Å². The van der Waals surface area contributed by atoms with Gasteiger partial charge in [-0.2, -0.15) is 0 Å². The molecule has 2 aromatic carbocycles. The zero-order chi connectivity index (χ0) is 22.8. The van der Waals surface area contributed by atoms with Crippen molar-refractivity contribution in [2.75, 3.05) is 11.1 Å². The third kappa shape index (κ3) is 3.72. The minimum absolute atomic E-state index is 0.0984. The monoisotopic (exact) mass is 428 g/mol. The van der Waals surface area contributed by atoms with Gasteiger partial charge in [-0.25, -0.2) is 9.97 Å². The predicted molar refractivity (Wildman–Crippen MR) is 126 cm³/mol. The summed E-state index contributed by atoms with van der Waals surface area (Å²) >= 11 is 0. The Morgan fingerprint density at radius 2 is 1.84 bits per heavy atom. The molecule has 8 nitrogen and oxygen atoms in total. The predicted octanol–water partition coefficient (Wildman–Crippen LogP) is 2.79. The molecule has 0 aliphatic carbocycles. The van der Waals surface area contributed by atoms with E-state index < -0.39 is 6.04 Å². The van der Waals surface area contributed by atoms with Gasteiger partial charge in [-0.05, 0) is 42.5 Å². The van der Waals surface area contributed by atoms with Crippen molar-refractivity contribution in [1.82, 2.24) is 14.5 Å². The molecule has 0 bridgehead atoms. The van der Waals surface area contributed by atoms with Crippen molar-refractivity contribution >= 4 is 28.7 Å². The lowest BCUT2D eigenvalue weighted by atomic mass is 10.1. The van der Waals surface area contributed by atoms with Crippen molar-refractivity contribution in [3.05, 3.63) is 87.6 Å². The molecule has 0 saturated heterocycles. The molecule has 32 heavy (non-hydrogen) atoms. The number of benzene rings is 2. The highest BCUT2D eigenvalue weighted by Crippen LogP contribution is 2.25. The molecule has 1 unspecified atom stereocenters. The Labute approximate surface area is 184 Å². The van der Waals surface area contributed by atoms with Crippen LogP contribution in [0.5, 0.6) is 0 Å². The Hall–Kier alpha value is -4.04. The second-order valence-corrected chi connectivity index (χ2v) is 7.64. The normalized spacial score (nSPS) is 12.0. The van der Waals surface area contributed by atoms with Crippen molar-refractivity contribution in [2.45, 2.75) is 26.4 Å². The van der Waals surface area contributed by atoms with E-state index in [1.54, 1.807) is 4.57 Å². The first-order chi connectivity index (χ1) is 15.4. The number of nitrogens with zero attached hydrogens (tertiary/aromatic N) is 3. The number of aryl methyl sites for hydroxylation is 2. The molecule has 1 atom stereocenters. The Balaban J connectivity index is 1.88. The van der Waals surface area contributed by atoms with Gasteiger partial charge in [0.2, 0.25) is 0 Å². The van der Waals surface area contributed by atoms with Gasteiger partial charge in [0.05, 0.1) is 29.2 Å². The zero-order valence-electron chi connectivity index (χ0n) is 17.9. The van der Waals surface area contributed by atoms with Gasteiger partial charge in [0, 0.05) is 5.69 Å². The quantitative estimate of drug-likeness (QED) is 0.403. The van der Waals surface area contributed by atoms with E-state index >= 15 is 0 Å². The fourth-order valence-corrected chi connectivity index (χ4v) is 3.92. The number of carbonyl (C=O) groups is 1. The molecule has 2 heterocycles. The molecule has 162 valence electrons. The second kappa shape index (κ2) is 8.60. The number of rotatable bonds is 6. The minimum Gasteiger partial charge on any atom is -0.383 e. The number of nitrogen functional groups attached to an aromatic ring is 1. The van der Waals surface area contributed by atoms with Crippen LogP contribution in [0.2, 0.25) is 0 Å². The van der Waals surface area contributed by atoms with E-state index in [1.165, 1.54) is 6.33 Å². The number of nitrogens with two attached hydrogens (primary N) is 2. The van der Waals surface area contributed by atoms with Crippen LogP contribution in [0.4, 0.5) is 11.6 Å². The van der Waals surface area contributed by atoms with Gasteiger partial charge in [-0.1, -0.05) is 36.4 Å². The van der Waals surface area contributed by atoms with Crippen molar-refractivity contribution in [1.29, 1.82) is 0 Å². The van der Waals surface area contributed by atoms with E-state index in [0.717, 1.165) is 27.9 Å². The highest BCUT2D eigenvalue weighted by Gasteiger charge is 2.18. The largest absolute Gasteiger partial charge is 0.383 e. The molecule has 4 rings (SSSR count). The lowest BCUT2D eigenvalue weighted by Gasteiger charge is -2.19. The summed E-state index contributed by atoms with van der Waals surface area (Å²) in [5, 5.41) is 4.72. The van der Waals surface area contributed by atoms with Crippen molar-refractivity contribution in [2.24, 2.45) is 5.73 Å². The highest BCUT2D eigenvalue weighted by molar-refractivity contribution is 5.85. The van der Waals surface area contributed by atoms with Crippen LogP contribution in [0, 0.1) is 13.8 Å². The van der Waals surface area contributed by atoms with Gasteiger partial charge in [-0.3, -0.25) is 9.36 Å². The lowest BCUT2D eigenvalue weighted by Crippen LogP contribution is -2.25. The van der Waals surface area contributed by atoms with Crippen LogP contribution >= 0.6 is 0 Å². The number of fused-ring (bicyclic) bond motifs is 1. The topological polar surface area (TPSA) is 129 Å². The molecule has 0 spiro atoms. The molecule has 0 aliphatic heterocycles. The Morgan fingerprint density at radius 1 is 1.09 bits per heavy atom. The molecule has 8 heteroatoms. The van der Waals surface area contributed by atoms with E-state index in [2.05, 4.69) is 15.3 Å². The summed E-state index contributed by atoms with van der Waals surface area (Å²) in [6.07, 6.45) is 1.89. The van der Waals surface area contributed by atoms with E-state index in [1.807, 2.05) is 62.4 Å². The van der Waals surface area contributed by atoms with E-state index in [0.29, 0.717) is 23.1 Å². The summed E-state index contributed by atoms with van der Waals surface area (Å²) in [4.78, 5) is 33.1. The number of pyridine rings is 1. The lowest BCUT2D eigenvalue weighted by molar-refractivity contribution is -0.109. The van der Waals surface area contributed by atoms with E-state index in [9.17, 15) is 9.59 Å². The highest BCUT2D eigenvalue weighted by atomic mass is 16.1. The van der Waals surface area contributed by atoms with E-state index in [4.69, 9.17) is 11.5 Å². The maximum Gasteiger partial charge on any atom is 0.263 e. The third-order valence-corrected chi connectivity index (χ3v) is 5.52. The molecule has 5 N–H and O–H groups in total. The first-order valence-electron chi connectivity index (χ1n) is 10.2. The van der Waals surface area contributed by atoms with Gasteiger partial charge >= 0.3 is 0 Å². The van der Waals surface area contributed by atoms with Crippen LogP contribution < -0.4 is 22.3 Å². The molecule has 0 amide bonds. The van der Waals surface area contributed by atoms with Crippen LogP contribution in [0.25, 0.3) is 16.5 Å². The summed E-state index contributed by atoms with van der Waals surface area (Å²) in [5.41, 5.74) is 15.5. The van der Waals surface area contributed by atoms with E-state index in [-0.39, 0.29) is 17.9 Å². The maximum absolute atomic E-state index is 13.6. The van der Waals surface area contributed by atoms with Crippen LogP contribution in [0.15, 0.2) is 59.7 Å². The number of para-hydroxylation sites is 1. The molecule has 0 saturated carbocycles. The number of hydrogen-bond donors (Lipinski definition) is 3. The summed E-state index contributed by atoms with van der Waals surface area (Å²) in [6.45, 7) is 4.15. The molecular weight excluding hydrogens is 404 g/mol. The molecule has 4 aromatic rings. The number of hydrogen-bond acceptors (Lipinski definition) is 7. The van der Waals surface area contributed by atoms with Gasteiger partial charge < -0.3 is 21.6 Å². The van der Waals surface area contributed by atoms with Crippen LogP contribution in [0.3, 0.4) is 0 Å². The third-order valence-electron chi connectivity index (χ3n) is 5.52. The molecule has 2 aromatic heterocycles. The van der Waals surface area contributed by atoms with Crippen molar-refractivity contribution < 1.29 is 4.79 Å². The Bertz CT molecular complexity index is 1380. The second-order valence-electron chi connectivity index (χ2n) is 7.64. The molecule has 0 aliphatic rings. The molecule has 0 fully saturated rings. The van der Waals surface area contributed by atoms with Gasteiger partial charge in [0.15, 0.2) is 0 Å². The zero-order valence-corrected chi connectivity index (χ0v) is 17.9. The van der Waals surface area contributed by atoms with Gasteiger partial charge in [-0.15, -0.1) is 0 Å². The van der Waals surface area contributed by atoms with Crippen molar-refractivity contribution in [3.8, 4) is 5.69 Å². The van der Waals surface area contributed by atoms with Gasteiger partial charge in [0.1, 0.15) is 24.2 Å². The first-order valence-corrected chi connectivity index (χ1v) is 10.2. The van der Waals surface area contributed by atoms with Crippen LogP contribution in [0.1, 0.15) is 28.4 Å². The number of aldehydes is 1. The number of anilines is 2. The maximum atomic E-state index is 13.6. The minimum atomic E-state index is -0.962. The average molecular weight is 428 g/mol. The first kappa shape index (κ1) is 21.2.